The lowest BCUT2D eigenvalue weighted by Gasteiger charge is -2.26. The lowest BCUT2D eigenvalue weighted by molar-refractivity contribution is -0.147. The van der Waals surface area contributed by atoms with Gasteiger partial charge in [0.15, 0.2) is 0 Å². The quantitative estimate of drug-likeness (QED) is 0.0523. The number of carboxylic acid groups (broad SMARTS) is 5. The summed E-state index contributed by atoms with van der Waals surface area (Å²) in [6, 6.07) is -8.06. The molecule has 0 aromatic rings. The van der Waals surface area contributed by atoms with Crippen molar-refractivity contribution in [2.75, 3.05) is 6.54 Å². The zero-order valence-corrected chi connectivity index (χ0v) is 24.8. The van der Waals surface area contributed by atoms with Gasteiger partial charge in [-0.25, -0.2) is 4.79 Å². The minimum Gasteiger partial charge on any atom is -0.481 e. The maximum Gasteiger partial charge on any atom is 0.326 e. The van der Waals surface area contributed by atoms with Crippen molar-refractivity contribution in [1.29, 1.82) is 0 Å². The smallest absolute Gasteiger partial charge is 0.326 e. The number of nitrogens with one attached hydrogen (secondary N) is 5. The van der Waals surface area contributed by atoms with Gasteiger partial charge in [-0.3, -0.25) is 43.2 Å². The Bertz CT molecular complexity index is 1190. The van der Waals surface area contributed by atoms with E-state index in [1.165, 1.54) is 13.8 Å². The third kappa shape index (κ3) is 16.5. The van der Waals surface area contributed by atoms with Gasteiger partial charge in [0.1, 0.15) is 24.2 Å². The van der Waals surface area contributed by atoms with Gasteiger partial charge in [0.2, 0.25) is 29.5 Å². The molecule has 0 saturated heterocycles. The van der Waals surface area contributed by atoms with E-state index >= 15 is 0 Å². The molecule has 0 spiro atoms. The first-order chi connectivity index (χ1) is 21.2. The highest BCUT2D eigenvalue weighted by Crippen LogP contribution is 2.07. The fourth-order valence-corrected chi connectivity index (χ4v) is 3.59. The Morgan fingerprint density at radius 3 is 1.48 bits per heavy atom. The van der Waals surface area contributed by atoms with Crippen molar-refractivity contribution in [2.24, 2.45) is 11.7 Å². The molecular weight excluding hydrogens is 624 g/mol. The maximum atomic E-state index is 13.0. The molecule has 0 saturated carbocycles. The van der Waals surface area contributed by atoms with Crippen molar-refractivity contribution in [1.82, 2.24) is 26.6 Å². The minimum atomic E-state index is -1.84. The molecule has 46 heavy (non-hydrogen) atoms. The lowest BCUT2D eigenvalue weighted by Crippen LogP contribution is -2.58. The Hall–Kier alpha value is -5.34. The number of rotatable bonds is 22. The van der Waals surface area contributed by atoms with Crippen molar-refractivity contribution in [3.63, 3.8) is 0 Å². The molecule has 0 aromatic heterocycles. The van der Waals surface area contributed by atoms with Crippen LogP contribution in [0.25, 0.3) is 0 Å². The summed E-state index contributed by atoms with van der Waals surface area (Å²) in [4.78, 5) is 118. The van der Waals surface area contributed by atoms with E-state index in [-0.39, 0.29) is 0 Å². The second-order valence-electron chi connectivity index (χ2n) is 10.2. The molecule has 0 aliphatic rings. The van der Waals surface area contributed by atoms with E-state index in [9.17, 15) is 53.1 Å². The molecule has 0 aromatic carbocycles. The number of amides is 5. The Morgan fingerprint density at radius 2 is 1.04 bits per heavy atom. The van der Waals surface area contributed by atoms with Crippen molar-refractivity contribution >= 4 is 59.4 Å². The molecule has 0 radical (unpaired) electrons. The molecule has 0 rings (SSSR count). The van der Waals surface area contributed by atoms with Gasteiger partial charge >= 0.3 is 29.8 Å². The van der Waals surface area contributed by atoms with Gasteiger partial charge in [-0.1, -0.05) is 13.8 Å². The number of nitrogens with two attached hydrogens (primary N) is 1. The molecule has 5 atom stereocenters. The highest BCUT2D eigenvalue weighted by atomic mass is 16.4. The van der Waals surface area contributed by atoms with Crippen LogP contribution in [0.5, 0.6) is 0 Å². The summed E-state index contributed by atoms with van der Waals surface area (Å²) >= 11 is 0. The molecule has 21 heteroatoms. The molecule has 21 nitrogen and oxygen atoms in total. The first-order valence-electron chi connectivity index (χ1n) is 13.6. The molecular formula is C25H38N6O15. The van der Waals surface area contributed by atoms with Crippen LogP contribution in [0.15, 0.2) is 0 Å². The van der Waals surface area contributed by atoms with Crippen LogP contribution in [-0.4, -0.2) is 122 Å². The lowest BCUT2D eigenvalue weighted by atomic mass is 10.0. The van der Waals surface area contributed by atoms with Gasteiger partial charge < -0.3 is 57.9 Å². The summed E-state index contributed by atoms with van der Waals surface area (Å²) < 4.78 is 0. The van der Waals surface area contributed by atoms with E-state index in [0.717, 1.165) is 0 Å². The molecule has 0 unspecified atom stereocenters. The van der Waals surface area contributed by atoms with E-state index < -0.39 is 141 Å². The average Bonchev–Trinajstić information content (AvgIpc) is 2.92. The zero-order valence-electron chi connectivity index (χ0n) is 24.8. The van der Waals surface area contributed by atoms with Gasteiger partial charge in [-0.15, -0.1) is 0 Å². The predicted molar refractivity (Wildman–Crippen MR) is 149 cm³/mol. The van der Waals surface area contributed by atoms with E-state index in [0.29, 0.717) is 0 Å². The topological polar surface area (TPSA) is 358 Å². The molecule has 5 amide bonds. The van der Waals surface area contributed by atoms with Gasteiger partial charge in [-0.05, 0) is 18.8 Å². The normalized spacial score (nSPS) is 13.9. The molecule has 12 N–H and O–H groups in total. The fourth-order valence-electron chi connectivity index (χ4n) is 3.59. The second-order valence-corrected chi connectivity index (χ2v) is 10.2. The van der Waals surface area contributed by atoms with Gasteiger partial charge in [0.25, 0.3) is 0 Å². The summed E-state index contributed by atoms with van der Waals surface area (Å²) in [7, 11) is 0. The highest BCUT2D eigenvalue weighted by molar-refractivity contribution is 5.96. The fraction of sp³-hybridized carbons (Fsp3) is 0.600. The molecule has 0 bridgehead atoms. The summed E-state index contributed by atoms with van der Waals surface area (Å²) in [5.41, 5.74) is 5.45. The number of carboxylic acids is 5. The third-order valence-corrected chi connectivity index (χ3v) is 5.97. The minimum absolute atomic E-state index is 0.480. The van der Waals surface area contributed by atoms with Gasteiger partial charge in [-0.2, -0.15) is 0 Å². The summed E-state index contributed by atoms with van der Waals surface area (Å²) in [5.74, 6) is -13.4. The number of aliphatic carboxylic acids is 5. The number of carbonyl (C=O) groups excluding carboxylic acids is 5. The Kier molecular flexibility index (Phi) is 17.5. The Labute approximate surface area is 260 Å². The zero-order chi connectivity index (χ0) is 35.7. The molecule has 258 valence electrons. The van der Waals surface area contributed by atoms with E-state index in [1.54, 1.807) is 0 Å². The van der Waals surface area contributed by atoms with E-state index in [1.807, 2.05) is 5.32 Å². The van der Waals surface area contributed by atoms with Crippen molar-refractivity contribution in [2.45, 2.75) is 82.6 Å². The first kappa shape index (κ1) is 40.7. The second kappa shape index (κ2) is 19.8. The molecule has 0 aliphatic heterocycles. The highest BCUT2D eigenvalue weighted by Gasteiger charge is 2.33. The SMILES string of the molecule is CC(C)[C@H](NC(=O)[C@H](CCC(=O)O)NC(=O)CNC(=O)[C@H](CCC(=O)O)NC(=O)[C@@H](N)CC(=O)O)C(=O)N[C@@H](CC(=O)O)C(=O)O. The summed E-state index contributed by atoms with van der Waals surface area (Å²) in [6.45, 7) is 2.03. The van der Waals surface area contributed by atoms with Crippen LogP contribution in [0.4, 0.5) is 0 Å². The monoisotopic (exact) mass is 662 g/mol. The number of hydrogen-bond donors (Lipinski definition) is 11. The summed E-state index contributed by atoms with van der Waals surface area (Å²) in [5, 5.41) is 55.4. The van der Waals surface area contributed by atoms with Crippen molar-refractivity contribution in [3.05, 3.63) is 0 Å². The van der Waals surface area contributed by atoms with Gasteiger partial charge in [0.05, 0.1) is 25.4 Å². The van der Waals surface area contributed by atoms with Crippen LogP contribution in [0.1, 0.15) is 52.4 Å². The number of carbonyl (C=O) groups is 10. The van der Waals surface area contributed by atoms with Crippen LogP contribution in [0, 0.1) is 5.92 Å². The standard InChI is InChI=1S/C25H38N6O15/c1-10(2)20(24(44)30-14(25(45)46)8-19(39)40)31-23(43)13(4-6-17(35)36)28-15(32)9-27-22(42)12(3-5-16(33)34)29-21(41)11(26)7-18(37)38/h10-14,20H,3-9,26H2,1-2H3,(H,27,42)(H,28,32)(H,29,41)(H,30,44)(H,31,43)(H,33,34)(H,35,36)(H,37,38)(H,39,40)(H,45,46)/t11-,12-,13-,14-,20-/m0/s1. The van der Waals surface area contributed by atoms with Crippen LogP contribution < -0.4 is 32.3 Å². The summed E-state index contributed by atoms with van der Waals surface area (Å²) in [6.07, 6.45) is -4.04. The Balaban J connectivity index is 5.65. The average molecular weight is 663 g/mol. The third-order valence-electron chi connectivity index (χ3n) is 5.97. The van der Waals surface area contributed by atoms with E-state index in [2.05, 4.69) is 21.3 Å². The van der Waals surface area contributed by atoms with Crippen molar-refractivity contribution < 1.29 is 73.5 Å². The number of hydrogen-bond acceptors (Lipinski definition) is 11. The van der Waals surface area contributed by atoms with Crippen molar-refractivity contribution in [3.8, 4) is 0 Å². The van der Waals surface area contributed by atoms with Crippen LogP contribution in [0.3, 0.4) is 0 Å². The van der Waals surface area contributed by atoms with E-state index in [4.69, 9.17) is 26.2 Å². The maximum absolute atomic E-state index is 13.0. The van der Waals surface area contributed by atoms with Crippen LogP contribution in [0.2, 0.25) is 0 Å². The molecule has 0 fully saturated rings. The van der Waals surface area contributed by atoms with Gasteiger partial charge in [0, 0.05) is 12.8 Å². The largest absolute Gasteiger partial charge is 0.481 e. The Morgan fingerprint density at radius 1 is 0.565 bits per heavy atom. The first-order valence-corrected chi connectivity index (χ1v) is 13.6. The predicted octanol–water partition coefficient (Wildman–Crippen LogP) is -4.21. The van der Waals surface area contributed by atoms with Crippen LogP contribution in [-0.2, 0) is 47.9 Å². The molecule has 0 aliphatic carbocycles. The van der Waals surface area contributed by atoms with Crippen LogP contribution >= 0.6 is 0 Å². The molecule has 0 heterocycles.